The molecule has 1 fully saturated rings. The summed E-state index contributed by atoms with van der Waals surface area (Å²) in [6.07, 6.45) is 8.12. The molecule has 0 aromatic heterocycles. The first-order valence-electron chi connectivity index (χ1n) is 6.77. The summed E-state index contributed by atoms with van der Waals surface area (Å²) in [4.78, 5) is 12.2. The highest BCUT2D eigenvalue weighted by molar-refractivity contribution is 5.85. The van der Waals surface area contributed by atoms with Crippen molar-refractivity contribution < 1.29 is 9.53 Å². The van der Waals surface area contributed by atoms with Gasteiger partial charge in [0.1, 0.15) is 6.10 Å². The highest BCUT2D eigenvalue weighted by Crippen LogP contribution is 2.29. The van der Waals surface area contributed by atoms with E-state index < -0.39 is 0 Å². The molecule has 1 saturated carbocycles. The lowest BCUT2D eigenvalue weighted by atomic mass is 9.81. The van der Waals surface area contributed by atoms with Crippen LogP contribution in [0, 0.1) is 11.8 Å². The molecule has 0 aromatic carbocycles. The van der Waals surface area contributed by atoms with Crippen molar-refractivity contribution >= 4 is 5.78 Å². The Bertz CT molecular complexity index is 207. The van der Waals surface area contributed by atoms with Gasteiger partial charge in [-0.25, -0.2) is 0 Å². The molecule has 0 aliphatic heterocycles. The van der Waals surface area contributed by atoms with Crippen molar-refractivity contribution in [1.82, 2.24) is 0 Å². The molecule has 0 N–H and O–H groups in total. The molecular weight excluding hydrogens is 200 g/mol. The van der Waals surface area contributed by atoms with Gasteiger partial charge in [-0.2, -0.15) is 0 Å². The Morgan fingerprint density at radius 3 is 2.44 bits per heavy atom. The number of carbonyl (C=O) groups is 1. The third kappa shape index (κ3) is 3.58. The lowest BCUT2D eigenvalue weighted by Gasteiger charge is -2.29. The SMILES string of the molecule is CCCC(C)C(=O)C(OC)C1CCCCC1. The number of methoxy groups -OCH3 is 1. The van der Waals surface area contributed by atoms with Gasteiger partial charge in [0.15, 0.2) is 5.78 Å². The molecule has 0 aromatic rings. The smallest absolute Gasteiger partial charge is 0.164 e. The van der Waals surface area contributed by atoms with E-state index in [-0.39, 0.29) is 12.0 Å². The first-order chi connectivity index (χ1) is 7.70. The molecule has 1 aliphatic carbocycles. The fourth-order valence-corrected chi connectivity index (χ4v) is 2.83. The molecular formula is C14H26O2. The van der Waals surface area contributed by atoms with Crippen LogP contribution in [0.2, 0.25) is 0 Å². The summed E-state index contributed by atoms with van der Waals surface area (Å²) < 4.78 is 5.47. The van der Waals surface area contributed by atoms with Gasteiger partial charge in [0.25, 0.3) is 0 Å². The van der Waals surface area contributed by atoms with Gasteiger partial charge < -0.3 is 4.74 Å². The van der Waals surface area contributed by atoms with Crippen LogP contribution in [0.25, 0.3) is 0 Å². The summed E-state index contributed by atoms with van der Waals surface area (Å²) in [5, 5.41) is 0. The standard InChI is InChI=1S/C14H26O2/c1-4-8-11(2)13(15)14(16-3)12-9-6-5-7-10-12/h11-12,14H,4-10H2,1-3H3. The molecule has 16 heavy (non-hydrogen) atoms. The van der Waals surface area contributed by atoms with E-state index in [1.54, 1.807) is 7.11 Å². The van der Waals surface area contributed by atoms with Crippen molar-refractivity contribution in [3.05, 3.63) is 0 Å². The Hall–Kier alpha value is -0.370. The van der Waals surface area contributed by atoms with Crippen LogP contribution < -0.4 is 0 Å². The van der Waals surface area contributed by atoms with E-state index >= 15 is 0 Å². The zero-order valence-electron chi connectivity index (χ0n) is 11.0. The quantitative estimate of drug-likeness (QED) is 0.692. The van der Waals surface area contributed by atoms with E-state index in [9.17, 15) is 4.79 Å². The average Bonchev–Trinajstić information content (AvgIpc) is 2.31. The zero-order chi connectivity index (χ0) is 12.0. The molecule has 0 bridgehead atoms. The Morgan fingerprint density at radius 1 is 1.31 bits per heavy atom. The van der Waals surface area contributed by atoms with Gasteiger partial charge in [0.2, 0.25) is 0 Å². The molecule has 0 radical (unpaired) electrons. The normalized spacial score (nSPS) is 21.7. The second kappa shape index (κ2) is 7.05. The molecule has 0 amide bonds. The van der Waals surface area contributed by atoms with Gasteiger partial charge in [-0.3, -0.25) is 4.79 Å². The molecule has 1 aliphatic rings. The van der Waals surface area contributed by atoms with Crippen molar-refractivity contribution in [1.29, 1.82) is 0 Å². The maximum Gasteiger partial charge on any atom is 0.164 e. The van der Waals surface area contributed by atoms with Crippen LogP contribution in [0.5, 0.6) is 0 Å². The second-order valence-electron chi connectivity index (χ2n) is 5.15. The molecule has 0 spiro atoms. The minimum atomic E-state index is -0.137. The zero-order valence-corrected chi connectivity index (χ0v) is 11.0. The summed E-state index contributed by atoms with van der Waals surface area (Å²) in [7, 11) is 1.69. The maximum atomic E-state index is 12.2. The number of hydrogen-bond acceptors (Lipinski definition) is 2. The number of rotatable bonds is 6. The van der Waals surface area contributed by atoms with E-state index in [1.807, 2.05) is 6.92 Å². The van der Waals surface area contributed by atoms with Gasteiger partial charge in [-0.05, 0) is 25.2 Å². The lowest BCUT2D eigenvalue weighted by Crippen LogP contribution is -2.36. The predicted molar refractivity (Wildman–Crippen MR) is 66.5 cm³/mol. The van der Waals surface area contributed by atoms with Crippen LogP contribution in [-0.4, -0.2) is 19.0 Å². The Balaban J connectivity index is 2.54. The van der Waals surface area contributed by atoms with Crippen LogP contribution in [-0.2, 0) is 9.53 Å². The van der Waals surface area contributed by atoms with E-state index in [0.717, 1.165) is 12.8 Å². The van der Waals surface area contributed by atoms with Crippen LogP contribution >= 0.6 is 0 Å². The van der Waals surface area contributed by atoms with Crippen molar-refractivity contribution in [2.45, 2.75) is 64.9 Å². The van der Waals surface area contributed by atoms with Crippen LogP contribution in [0.15, 0.2) is 0 Å². The third-order valence-corrected chi connectivity index (χ3v) is 3.82. The first kappa shape index (κ1) is 13.7. The highest BCUT2D eigenvalue weighted by atomic mass is 16.5. The van der Waals surface area contributed by atoms with Crippen LogP contribution in [0.4, 0.5) is 0 Å². The number of ether oxygens (including phenoxy) is 1. The topological polar surface area (TPSA) is 26.3 Å². The molecule has 2 atom stereocenters. The number of carbonyl (C=O) groups excluding carboxylic acids is 1. The number of Topliss-reactive ketones (excluding diaryl/α,β-unsaturated/α-hetero) is 1. The summed E-state index contributed by atoms with van der Waals surface area (Å²) in [5.74, 6) is 0.971. The number of ketones is 1. The summed E-state index contributed by atoms with van der Waals surface area (Å²) in [6, 6.07) is 0. The van der Waals surface area contributed by atoms with Crippen LogP contribution in [0.3, 0.4) is 0 Å². The second-order valence-corrected chi connectivity index (χ2v) is 5.15. The van der Waals surface area contributed by atoms with E-state index in [2.05, 4.69) is 6.92 Å². The monoisotopic (exact) mass is 226 g/mol. The van der Waals surface area contributed by atoms with Gasteiger partial charge in [0, 0.05) is 13.0 Å². The van der Waals surface area contributed by atoms with Crippen molar-refractivity contribution in [3.8, 4) is 0 Å². The van der Waals surface area contributed by atoms with Crippen molar-refractivity contribution in [2.24, 2.45) is 11.8 Å². The maximum absolute atomic E-state index is 12.2. The Kier molecular flexibility index (Phi) is 6.04. The Labute approximate surface area is 99.8 Å². The molecule has 2 unspecified atom stereocenters. The lowest BCUT2D eigenvalue weighted by molar-refractivity contribution is -0.136. The predicted octanol–water partition coefficient (Wildman–Crippen LogP) is 3.59. The van der Waals surface area contributed by atoms with Gasteiger partial charge >= 0.3 is 0 Å². The minimum absolute atomic E-state index is 0.137. The third-order valence-electron chi connectivity index (χ3n) is 3.82. The molecule has 94 valence electrons. The Morgan fingerprint density at radius 2 is 1.94 bits per heavy atom. The van der Waals surface area contributed by atoms with Crippen LogP contribution in [0.1, 0.15) is 58.8 Å². The molecule has 2 heteroatoms. The van der Waals surface area contributed by atoms with E-state index in [1.165, 1.54) is 32.1 Å². The first-order valence-corrected chi connectivity index (χ1v) is 6.77. The summed E-state index contributed by atoms with van der Waals surface area (Å²) in [5.41, 5.74) is 0. The molecule has 2 nitrogen and oxygen atoms in total. The largest absolute Gasteiger partial charge is 0.373 e. The minimum Gasteiger partial charge on any atom is -0.373 e. The fraction of sp³-hybridized carbons (Fsp3) is 0.929. The molecule has 0 heterocycles. The fourth-order valence-electron chi connectivity index (χ4n) is 2.83. The highest BCUT2D eigenvalue weighted by Gasteiger charge is 2.31. The molecule has 1 rings (SSSR count). The van der Waals surface area contributed by atoms with Crippen molar-refractivity contribution in [2.75, 3.05) is 7.11 Å². The summed E-state index contributed by atoms with van der Waals surface area (Å²) >= 11 is 0. The van der Waals surface area contributed by atoms with Gasteiger partial charge in [0.05, 0.1) is 0 Å². The van der Waals surface area contributed by atoms with E-state index in [0.29, 0.717) is 11.7 Å². The van der Waals surface area contributed by atoms with E-state index in [4.69, 9.17) is 4.74 Å². The molecule has 0 saturated heterocycles. The van der Waals surface area contributed by atoms with Crippen molar-refractivity contribution in [3.63, 3.8) is 0 Å². The van der Waals surface area contributed by atoms with Gasteiger partial charge in [-0.1, -0.05) is 39.5 Å². The van der Waals surface area contributed by atoms with Gasteiger partial charge in [-0.15, -0.1) is 0 Å². The number of hydrogen-bond donors (Lipinski definition) is 0. The summed E-state index contributed by atoms with van der Waals surface area (Å²) in [6.45, 7) is 4.17. The average molecular weight is 226 g/mol.